The van der Waals surface area contributed by atoms with Gasteiger partial charge in [0.2, 0.25) is 17.8 Å². The summed E-state index contributed by atoms with van der Waals surface area (Å²) in [6.45, 7) is 18.5. The first-order valence-corrected chi connectivity index (χ1v) is 31.9. The lowest BCUT2D eigenvalue weighted by molar-refractivity contribution is -0.149. The van der Waals surface area contributed by atoms with E-state index in [1.54, 1.807) is 34.6 Å². The molecule has 472 valence electrons. The van der Waals surface area contributed by atoms with Crippen molar-refractivity contribution in [3.63, 3.8) is 0 Å². The quantitative estimate of drug-likeness (QED) is 0.0104. The Morgan fingerprint density at radius 3 is 1.86 bits per heavy atom. The van der Waals surface area contributed by atoms with Crippen molar-refractivity contribution in [2.24, 2.45) is 0 Å². The molecule has 88 heavy (non-hydrogen) atoms. The number of hydrogen-bond acceptors (Lipinski definition) is 13. The number of rotatable bonds is 28. The minimum Gasteiger partial charge on any atom is -0.493 e. The maximum atomic E-state index is 14.8. The molecule has 1 heterocycles. The van der Waals surface area contributed by atoms with Crippen LogP contribution in [0.15, 0.2) is 108 Å². The smallest absolute Gasteiger partial charge is 0.407 e. The summed E-state index contributed by atoms with van der Waals surface area (Å²) < 4.78 is 60.7. The minimum atomic E-state index is -4.27. The van der Waals surface area contributed by atoms with Crippen LogP contribution < -0.4 is 45.5 Å². The molecular formula is C68H87N7O12S. The fourth-order valence-corrected chi connectivity index (χ4v) is 12.3. The maximum Gasteiger partial charge on any atom is 0.407 e. The average molecular weight is 1230 g/mol. The Labute approximate surface area is 517 Å². The molecule has 3 atom stereocenters. The first kappa shape index (κ1) is 67.1. The van der Waals surface area contributed by atoms with Gasteiger partial charge in [-0.25, -0.2) is 22.7 Å². The Balaban J connectivity index is 1.12. The Morgan fingerprint density at radius 2 is 1.24 bits per heavy atom. The van der Waals surface area contributed by atoms with E-state index in [0.29, 0.717) is 72.6 Å². The number of hydrogen-bond donors (Lipinski definition) is 7. The van der Waals surface area contributed by atoms with Gasteiger partial charge in [0.15, 0.2) is 6.61 Å². The summed E-state index contributed by atoms with van der Waals surface area (Å²) in [6, 6.07) is 28.9. The second-order valence-corrected chi connectivity index (χ2v) is 25.5. The zero-order valence-electron chi connectivity index (χ0n) is 52.5. The van der Waals surface area contributed by atoms with Gasteiger partial charge in [-0.2, -0.15) is 0 Å². The Kier molecular flexibility index (Phi) is 23.3. The minimum absolute atomic E-state index is 0.0213. The highest BCUT2D eigenvalue weighted by Crippen LogP contribution is 2.46. The van der Waals surface area contributed by atoms with Crippen molar-refractivity contribution in [1.29, 1.82) is 5.41 Å². The molecule has 0 saturated heterocycles. The first-order valence-electron chi connectivity index (χ1n) is 30.4. The number of ether oxygens (including phenoxy) is 5. The van der Waals surface area contributed by atoms with Gasteiger partial charge in [0.25, 0.3) is 15.9 Å². The lowest BCUT2D eigenvalue weighted by Gasteiger charge is -2.35. The molecule has 7 rings (SSSR count). The summed E-state index contributed by atoms with van der Waals surface area (Å²) in [4.78, 5) is 69.9. The fraction of sp³-hybridized carbons (Fsp3) is 0.441. The maximum absolute atomic E-state index is 14.8. The van der Waals surface area contributed by atoms with Crippen LogP contribution in [0.2, 0.25) is 0 Å². The van der Waals surface area contributed by atoms with Gasteiger partial charge in [-0.15, -0.1) is 0 Å². The molecule has 20 heteroatoms. The van der Waals surface area contributed by atoms with Crippen LogP contribution in [0.25, 0.3) is 32.7 Å². The van der Waals surface area contributed by atoms with E-state index in [1.807, 2.05) is 138 Å². The Hall–Kier alpha value is -8.39. The number of carbonyl (C=O) groups excluding carboxylic acids is 5. The van der Waals surface area contributed by atoms with E-state index >= 15 is 0 Å². The number of amides is 4. The summed E-state index contributed by atoms with van der Waals surface area (Å²) in [5.74, 6) is -1.54. The Morgan fingerprint density at radius 1 is 0.659 bits per heavy atom. The molecule has 0 aromatic heterocycles. The van der Waals surface area contributed by atoms with E-state index in [4.69, 9.17) is 29.1 Å². The molecule has 1 aliphatic heterocycles. The summed E-state index contributed by atoms with van der Waals surface area (Å²) in [7, 11) is -4.27. The second-order valence-electron chi connectivity index (χ2n) is 23.9. The van der Waals surface area contributed by atoms with Gasteiger partial charge in [0, 0.05) is 24.2 Å². The number of benzene rings is 6. The molecular weight excluding hydrogens is 1140 g/mol. The number of sulfonamides is 1. The second kappa shape index (κ2) is 30.5. The zero-order valence-corrected chi connectivity index (χ0v) is 53.3. The number of fused-ring (bicyclic) bond motifs is 3. The van der Waals surface area contributed by atoms with Gasteiger partial charge >= 0.3 is 12.1 Å². The van der Waals surface area contributed by atoms with Crippen LogP contribution in [0, 0.1) is 26.2 Å². The largest absolute Gasteiger partial charge is 0.493 e. The van der Waals surface area contributed by atoms with Gasteiger partial charge < -0.3 is 50.3 Å². The van der Waals surface area contributed by atoms with E-state index in [9.17, 15) is 32.4 Å². The average Bonchev–Trinajstić information content (AvgIpc) is 1.20. The standard InChI is InChI=1S/C68H87N7O12S/c1-11-23-54(64(79)85-41-46-24-14-13-15-25-46)74-63(78)53(31-22-39-70-65(69)75-88(81,82)61-44(4)43(3)60-49(45(61)5)36-37-68(9,10)86-60)73-62(77)52(30-20-21-38-71-66(80)87-67(6,7)8)72-57(76)42-84-56-35-33-48-27-17-19-29-51(48)59(56)58-50-28-18-16-26-47(50)32-34-55(58)83-40-12-2/h13-19,24-29,32-35,52-54H,11-12,20-23,30-31,36-42H2,1-10H3,(H,71,80)(H,72,76)(H,73,77)(H,74,78)(H3,69,70,75)/t52-,53-,54+/m1/s1. The predicted octanol–water partition coefficient (Wildman–Crippen LogP) is 10.8. The van der Waals surface area contributed by atoms with E-state index in [1.165, 1.54) is 0 Å². The van der Waals surface area contributed by atoms with Crippen LogP contribution in [0.5, 0.6) is 17.2 Å². The van der Waals surface area contributed by atoms with Crippen LogP contribution in [-0.4, -0.2) is 99.8 Å². The lowest BCUT2D eigenvalue weighted by atomic mass is 9.88. The fourth-order valence-electron chi connectivity index (χ4n) is 10.8. The third-order valence-corrected chi connectivity index (χ3v) is 16.9. The highest BCUT2D eigenvalue weighted by atomic mass is 32.2. The van der Waals surface area contributed by atoms with E-state index in [0.717, 1.165) is 50.2 Å². The highest BCUT2D eigenvalue weighted by molar-refractivity contribution is 7.90. The summed E-state index contributed by atoms with van der Waals surface area (Å²) in [5.41, 5.74) is 3.69. The molecule has 1 aliphatic rings. The van der Waals surface area contributed by atoms with Crippen LogP contribution in [0.1, 0.15) is 134 Å². The van der Waals surface area contributed by atoms with Gasteiger partial charge in [-0.3, -0.25) is 19.8 Å². The van der Waals surface area contributed by atoms with Crippen LogP contribution >= 0.6 is 0 Å². The van der Waals surface area contributed by atoms with Crippen LogP contribution in [0.4, 0.5) is 4.79 Å². The normalized spacial score (nSPS) is 13.8. The third-order valence-electron chi connectivity index (χ3n) is 15.3. The van der Waals surface area contributed by atoms with Crippen molar-refractivity contribution in [2.45, 2.75) is 174 Å². The SMILES string of the molecule is CCCOc1ccc2ccccc2c1-c1c(OCC(=O)N[C@H](CCCCNC(=O)OC(C)(C)C)C(=O)N[C@H](CCCNC(=N)NS(=O)(=O)c2c(C)c(C)c3c(c2C)CCC(C)(C)O3)C(=O)N[C@@H](CCC)C(=O)OCc2ccccc2)ccc2ccccc12. The molecule has 4 amide bonds. The summed E-state index contributed by atoms with van der Waals surface area (Å²) in [5, 5.41) is 26.4. The van der Waals surface area contributed by atoms with E-state index in [-0.39, 0.29) is 50.3 Å². The number of unbranched alkanes of at least 4 members (excludes halogenated alkanes) is 1. The van der Waals surface area contributed by atoms with Crippen molar-refractivity contribution in [3.05, 3.63) is 131 Å². The van der Waals surface area contributed by atoms with Crippen molar-refractivity contribution < 1.29 is 56.1 Å². The Bertz CT molecular complexity index is 3590. The molecule has 0 bridgehead atoms. The molecule has 0 fully saturated rings. The molecule has 0 aliphatic carbocycles. The van der Waals surface area contributed by atoms with Crippen LogP contribution in [0.3, 0.4) is 0 Å². The molecule has 19 nitrogen and oxygen atoms in total. The highest BCUT2D eigenvalue weighted by Gasteiger charge is 2.35. The zero-order chi connectivity index (χ0) is 63.8. The number of alkyl carbamates (subject to hydrolysis) is 1. The monoisotopic (exact) mass is 1230 g/mol. The molecule has 0 unspecified atom stereocenters. The van der Waals surface area contributed by atoms with Gasteiger partial charge in [-0.05, 0) is 175 Å². The molecule has 0 radical (unpaired) electrons. The number of nitrogens with one attached hydrogen (secondary N) is 7. The van der Waals surface area contributed by atoms with Gasteiger partial charge in [-0.1, -0.05) is 111 Å². The van der Waals surface area contributed by atoms with E-state index < -0.39 is 81.7 Å². The molecule has 6 aromatic carbocycles. The molecule has 7 N–H and O–H groups in total. The number of guanidine groups is 1. The van der Waals surface area contributed by atoms with Crippen molar-refractivity contribution >= 4 is 67.3 Å². The van der Waals surface area contributed by atoms with Gasteiger partial charge in [0.05, 0.1) is 11.5 Å². The number of esters is 1. The topological polar surface area (TPSA) is 262 Å². The van der Waals surface area contributed by atoms with Crippen LogP contribution in [-0.2, 0) is 51.7 Å². The summed E-state index contributed by atoms with van der Waals surface area (Å²) >= 11 is 0. The third kappa shape index (κ3) is 18.1. The van der Waals surface area contributed by atoms with Crippen molar-refractivity contribution in [1.82, 2.24) is 31.3 Å². The van der Waals surface area contributed by atoms with Crippen molar-refractivity contribution in [3.8, 4) is 28.4 Å². The molecule has 0 saturated carbocycles. The van der Waals surface area contributed by atoms with Gasteiger partial charge in [0.1, 0.15) is 53.2 Å². The van der Waals surface area contributed by atoms with E-state index in [2.05, 4.69) is 31.3 Å². The van der Waals surface area contributed by atoms with Crippen molar-refractivity contribution in [2.75, 3.05) is 26.3 Å². The predicted molar refractivity (Wildman–Crippen MR) is 342 cm³/mol. The molecule has 0 spiro atoms. The lowest BCUT2D eigenvalue weighted by Crippen LogP contribution is -2.56. The molecule has 6 aromatic rings. The summed E-state index contributed by atoms with van der Waals surface area (Å²) in [6.07, 6.45) is 3.02. The number of carbonyl (C=O) groups is 5. The first-order chi connectivity index (χ1) is 41.9.